The van der Waals surface area contributed by atoms with Gasteiger partial charge in [-0.25, -0.2) is 8.42 Å². The molecule has 29 heavy (non-hydrogen) atoms. The van der Waals surface area contributed by atoms with Gasteiger partial charge >= 0.3 is 5.97 Å². The SMILES string of the molecule is CCOc1ccc(S(=O)(=O)NCC(=O)OCc2cc(-c3ccccc3)on2)cc1. The Hall–Kier alpha value is -3.17. The van der Waals surface area contributed by atoms with Gasteiger partial charge in [-0.2, -0.15) is 4.72 Å². The van der Waals surface area contributed by atoms with E-state index in [-0.39, 0.29) is 11.5 Å². The van der Waals surface area contributed by atoms with Crippen LogP contribution in [0.5, 0.6) is 5.75 Å². The Morgan fingerprint density at radius 1 is 1.10 bits per heavy atom. The second-order valence-electron chi connectivity index (χ2n) is 5.94. The van der Waals surface area contributed by atoms with Gasteiger partial charge in [0.2, 0.25) is 10.0 Å². The zero-order valence-corrected chi connectivity index (χ0v) is 16.5. The van der Waals surface area contributed by atoms with E-state index in [2.05, 4.69) is 9.88 Å². The van der Waals surface area contributed by atoms with Crippen molar-refractivity contribution in [2.75, 3.05) is 13.2 Å². The fourth-order valence-corrected chi connectivity index (χ4v) is 3.41. The number of carbonyl (C=O) groups excluding carboxylic acids is 1. The summed E-state index contributed by atoms with van der Waals surface area (Å²) in [5, 5.41) is 3.84. The first-order valence-corrected chi connectivity index (χ1v) is 10.4. The summed E-state index contributed by atoms with van der Waals surface area (Å²) in [6, 6.07) is 16.9. The van der Waals surface area contributed by atoms with Crippen molar-refractivity contribution in [2.24, 2.45) is 0 Å². The highest BCUT2D eigenvalue weighted by atomic mass is 32.2. The summed E-state index contributed by atoms with van der Waals surface area (Å²) in [6.07, 6.45) is 0. The lowest BCUT2D eigenvalue weighted by molar-refractivity contribution is -0.143. The van der Waals surface area contributed by atoms with Crippen LogP contribution in [-0.4, -0.2) is 32.7 Å². The van der Waals surface area contributed by atoms with Crippen LogP contribution in [0.3, 0.4) is 0 Å². The maximum atomic E-state index is 12.3. The number of aromatic nitrogens is 1. The molecule has 0 amide bonds. The Balaban J connectivity index is 1.50. The minimum atomic E-state index is -3.84. The molecule has 3 rings (SSSR count). The number of hydrogen-bond acceptors (Lipinski definition) is 7. The van der Waals surface area contributed by atoms with Gasteiger partial charge in [-0.05, 0) is 31.2 Å². The molecular weight excluding hydrogens is 396 g/mol. The van der Waals surface area contributed by atoms with E-state index in [1.165, 1.54) is 12.1 Å². The number of benzene rings is 2. The van der Waals surface area contributed by atoms with Crippen molar-refractivity contribution in [3.63, 3.8) is 0 Å². The van der Waals surface area contributed by atoms with Gasteiger partial charge in [-0.1, -0.05) is 35.5 Å². The Bertz CT molecular complexity index is 1050. The van der Waals surface area contributed by atoms with Gasteiger partial charge in [0.1, 0.15) is 24.6 Å². The van der Waals surface area contributed by atoms with E-state index >= 15 is 0 Å². The lowest BCUT2D eigenvalue weighted by Crippen LogP contribution is -2.30. The molecule has 1 aromatic heterocycles. The maximum absolute atomic E-state index is 12.3. The Morgan fingerprint density at radius 2 is 1.83 bits per heavy atom. The number of ether oxygens (including phenoxy) is 2. The predicted octanol–water partition coefficient (Wildman–Crippen LogP) is 2.76. The number of carbonyl (C=O) groups is 1. The number of sulfonamides is 1. The van der Waals surface area contributed by atoms with Gasteiger partial charge in [-0.3, -0.25) is 4.79 Å². The van der Waals surface area contributed by atoms with Crippen LogP contribution in [-0.2, 0) is 26.2 Å². The van der Waals surface area contributed by atoms with Crippen LogP contribution in [0.15, 0.2) is 70.1 Å². The first kappa shape index (κ1) is 20.6. The summed E-state index contributed by atoms with van der Waals surface area (Å²) in [5.41, 5.74) is 1.27. The summed E-state index contributed by atoms with van der Waals surface area (Å²) in [4.78, 5) is 11.9. The lowest BCUT2D eigenvalue weighted by Gasteiger charge is -2.08. The number of esters is 1. The monoisotopic (exact) mass is 416 g/mol. The molecule has 8 nitrogen and oxygen atoms in total. The van der Waals surface area contributed by atoms with Crippen LogP contribution in [0.4, 0.5) is 0 Å². The van der Waals surface area contributed by atoms with Crippen molar-refractivity contribution in [1.82, 2.24) is 9.88 Å². The van der Waals surface area contributed by atoms with E-state index < -0.39 is 22.5 Å². The third-order valence-corrected chi connectivity index (χ3v) is 5.27. The molecule has 0 saturated heterocycles. The first-order chi connectivity index (χ1) is 14.0. The molecule has 0 aliphatic heterocycles. The molecule has 0 atom stereocenters. The summed E-state index contributed by atoms with van der Waals surface area (Å²) >= 11 is 0. The number of nitrogens with one attached hydrogen (secondary N) is 1. The van der Waals surface area contributed by atoms with E-state index in [9.17, 15) is 13.2 Å². The van der Waals surface area contributed by atoms with E-state index in [0.29, 0.717) is 23.8 Å². The van der Waals surface area contributed by atoms with Crippen LogP contribution >= 0.6 is 0 Å². The van der Waals surface area contributed by atoms with Crippen LogP contribution in [0.25, 0.3) is 11.3 Å². The smallest absolute Gasteiger partial charge is 0.321 e. The lowest BCUT2D eigenvalue weighted by atomic mass is 10.2. The van der Waals surface area contributed by atoms with Gasteiger partial charge in [-0.15, -0.1) is 0 Å². The second-order valence-corrected chi connectivity index (χ2v) is 7.71. The highest BCUT2D eigenvalue weighted by Crippen LogP contribution is 2.20. The number of rotatable bonds is 9. The number of hydrogen-bond donors (Lipinski definition) is 1. The molecule has 0 saturated carbocycles. The Labute approximate surface area is 168 Å². The Kier molecular flexibility index (Phi) is 6.63. The Morgan fingerprint density at radius 3 is 2.52 bits per heavy atom. The average molecular weight is 416 g/mol. The van der Waals surface area contributed by atoms with Crippen molar-refractivity contribution in [3.05, 3.63) is 66.4 Å². The molecule has 0 fully saturated rings. The summed E-state index contributed by atoms with van der Waals surface area (Å²) in [6.45, 7) is 1.69. The third-order valence-electron chi connectivity index (χ3n) is 3.85. The molecule has 9 heteroatoms. The highest BCUT2D eigenvalue weighted by Gasteiger charge is 2.17. The molecule has 0 spiro atoms. The zero-order chi connectivity index (χ0) is 20.7. The van der Waals surface area contributed by atoms with E-state index in [1.807, 2.05) is 37.3 Å². The van der Waals surface area contributed by atoms with Crippen molar-refractivity contribution < 1.29 is 27.2 Å². The van der Waals surface area contributed by atoms with Crippen LogP contribution < -0.4 is 9.46 Å². The van der Waals surface area contributed by atoms with E-state index in [0.717, 1.165) is 5.56 Å². The van der Waals surface area contributed by atoms with Gasteiger partial charge in [0.15, 0.2) is 5.76 Å². The minimum absolute atomic E-state index is 0.0257. The van der Waals surface area contributed by atoms with Crippen molar-refractivity contribution in [1.29, 1.82) is 0 Å². The van der Waals surface area contributed by atoms with Gasteiger partial charge in [0.25, 0.3) is 0 Å². The van der Waals surface area contributed by atoms with Crippen LogP contribution in [0.2, 0.25) is 0 Å². The quantitative estimate of drug-likeness (QED) is 0.534. The van der Waals surface area contributed by atoms with Crippen LogP contribution in [0, 0.1) is 0 Å². The van der Waals surface area contributed by atoms with E-state index in [4.69, 9.17) is 14.0 Å². The maximum Gasteiger partial charge on any atom is 0.321 e. The van der Waals surface area contributed by atoms with E-state index in [1.54, 1.807) is 18.2 Å². The average Bonchev–Trinajstić information content (AvgIpc) is 3.21. The molecule has 152 valence electrons. The predicted molar refractivity (Wildman–Crippen MR) is 105 cm³/mol. The standard InChI is InChI=1S/C20H20N2O6S/c1-2-26-17-8-10-18(11-9-17)29(24,25)21-13-20(23)27-14-16-12-19(28-22-16)15-6-4-3-5-7-15/h3-12,21H,2,13-14H2,1H3. The molecule has 0 aliphatic rings. The fourth-order valence-electron chi connectivity index (χ4n) is 2.44. The van der Waals surface area contributed by atoms with Crippen molar-refractivity contribution in [3.8, 4) is 17.1 Å². The number of nitrogens with zero attached hydrogens (tertiary/aromatic N) is 1. The molecular formula is C20H20N2O6S. The van der Waals surface area contributed by atoms with Crippen molar-refractivity contribution >= 4 is 16.0 Å². The van der Waals surface area contributed by atoms with Gasteiger partial charge < -0.3 is 14.0 Å². The molecule has 3 aromatic rings. The highest BCUT2D eigenvalue weighted by molar-refractivity contribution is 7.89. The molecule has 1 N–H and O–H groups in total. The zero-order valence-electron chi connectivity index (χ0n) is 15.7. The third kappa shape index (κ3) is 5.66. The van der Waals surface area contributed by atoms with Crippen LogP contribution in [0.1, 0.15) is 12.6 Å². The molecule has 1 heterocycles. The molecule has 0 unspecified atom stereocenters. The van der Waals surface area contributed by atoms with Gasteiger partial charge in [0, 0.05) is 11.6 Å². The summed E-state index contributed by atoms with van der Waals surface area (Å²) < 4.78 is 42.3. The molecule has 0 aliphatic carbocycles. The summed E-state index contributed by atoms with van der Waals surface area (Å²) in [7, 11) is -3.84. The minimum Gasteiger partial charge on any atom is -0.494 e. The topological polar surface area (TPSA) is 108 Å². The summed E-state index contributed by atoms with van der Waals surface area (Å²) in [5.74, 6) is 0.380. The first-order valence-electron chi connectivity index (χ1n) is 8.87. The van der Waals surface area contributed by atoms with Gasteiger partial charge in [0.05, 0.1) is 11.5 Å². The largest absolute Gasteiger partial charge is 0.494 e. The molecule has 0 bridgehead atoms. The normalized spacial score (nSPS) is 11.2. The molecule has 2 aromatic carbocycles. The molecule has 0 radical (unpaired) electrons. The second kappa shape index (κ2) is 9.35. The van der Waals surface area contributed by atoms with Crippen molar-refractivity contribution in [2.45, 2.75) is 18.4 Å². The fraction of sp³-hybridized carbons (Fsp3) is 0.200.